The Morgan fingerprint density at radius 1 is 1.13 bits per heavy atom. The summed E-state index contributed by atoms with van der Waals surface area (Å²) in [4.78, 5) is 14.4. The van der Waals surface area contributed by atoms with E-state index in [0.29, 0.717) is 6.54 Å². The van der Waals surface area contributed by atoms with Gasteiger partial charge in [-0.05, 0) is 33.6 Å². The number of likely N-dealkylation sites (tertiary alicyclic amines) is 1. The van der Waals surface area contributed by atoms with Crippen LogP contribution in [-0.4, -0.2) is 36.5 Å². The number of para-hydroxylation sites is 1. The van der Waals surface area contributed by atoms with Crippen LogP contribution in [0.1, 0.15) is 11.5 Å². The molecule has 5 heteroatoms. The highest BCUT2D eigenvalue weighted by atomic mass is 79.9. The third kappa shape index (κ3) is 3.99. The van der Waals surface area contributed by atoms with Crippen LogP contribution >= 0.6 is 15.9 Å². The van der Waals surface area contributed by atoms with Crippen molar-refractivity contribution in [2.24, 2.45) is 5.73 Å². The van der Waals surface area contributed by atoms with Crippen molar-refractivity contribution >= 4 is 27.5 Å². The summed E-state index contributed by atoms with van der Waals surface area (Å²) < 4.78 is 0.883. The van der Waals surface area contributed by atoms with Crippen LogP contribution in [0.25, 0.3) is 0 Å². The number of anilines is 1. The van der Waals surface area contributed by atoms with Crippen molar-refractivity contribution in [2.45, 2.75) is 12.0 Å². The van der Waals surface area contributed by atoms with Crippen LogP contribution in [0.5, 0.6) is 0 Å². The molecule has 0 bridgehead atoms. The molecule has 1 amide bonds. The molecular weight excluding hydrogens is 354 g/mol. The molecule has 1 fully saturated rings. The maximum Gasteiger partial charge on any atom is 0.238 e. The molecule has 1 aliphatic rings. The number of carbonyl (C=O) groups excluding carboxylic acids is 1. The van der Waals surface area contributed by atoms with Crippen molar-refractivity contribution in [1.82, 2.24) is 4.90 Å². The zero-order valence-electron chi connectivity index (χ0n) is 12.8. The van der Waals surface area contributed by atoms with E-state index in [0.717, 1.165) is 23.2 Å². The van der Waals surface area contributed by atoms with Crippen LogP contribution in [0, 0.1) is 0 Å². The quantitative estimate of drug-likeness (QED) is 0.865. The summed E-state index contributed by atoms with van der Waals surface area (Å²) >= 11 is 3.44. The van der Waals surface area contributed by atoms with Crippen LogP contribution in [0.3, 0.4) is 0 Å². The van der Waals surface area contributed by atoms with E-state index in [-0.39, 0.29) is 17.9 Å². The van der Waals surface area contributed by atoms with Gasteiger partial charge in [0.1, 0.15) is 0 Å². The number of nitrogens with two attached hydrogens (primary N) is 1. The summed E-state index contributed by atoms with van der Waals surface area (Å²) in [5.41, 5.74) is 8.31. The predicted octanol–water partition coefficient (Wildman–Crippen LogP) is 2.81. The number of benzene rings is 2. The number of amides is 1. The fraction of sp³-hybridized carbons (Fsp3) is 0.278. The number of rotatable bonds is 4. The van der Waals surface area contributed by atoms with Gasteiger partial charge in [0, 0.05) is 29.5 Å². The first-order valence-electron chi connectivity index (χ1n) is 7.71. The monoisotopic (exact) mass is 373 g/mol. The number of carbonyl (C=O) groups is 1. The van der Waals surface area contributed by atoms with Crippen molar-refractivity contribution in [2.75, 3.05) is 25.0 Å². The summed E-state index contributed by atoms with van der Waals surface area (Å²) in [6.45, 7) is 1.91. The van der Waals surface area contributed by atoms with E-state index in [1.807, 2.05) is 42.5 Å². The first-order chi connectivity index (χ1) is 11.1. The van der Waals surface area contributed by atoms with Crippen molar-refractivity contribution in [1.29, 1.82) is 0 Å². The molecule has 2 aromatic rings. The molecule has 3 N–H and O–H groups in total. The molecule has 23 heavy (non-hydrogen) atoms. The van der Waals surface area contributed by atoms with Gasteiger partial charge in [0.2, 0.25) is 5.91 Å². The molecule has 0 spiro atoms. The number of hydrogen-bond acceptors (Lipinski definition) is 3. The van der Waals surface area contributed by atoms with Crippen LogP contribution in [-0.2, 0) is 4.79 Å². The van der Waals surface area contributed by atoms with Gasteiger partial charge < -0.3 is 11.1 Å². The fourth-order valence-electron chi connectivity index (χ4n) is 3.05. The number of nitrogens with one attached hydrogen (secondary N) is 1. The van der Waals surface area contributed by atoms with E-state index in [1.165, 1.54) is 5.56 Å². The lowest BCUT2D eigenvalue weighted by molar-refractivity contribution is -0.117. The molecule has 1 saturated heterocycles. The molecule has 2 aromatic carbocycles. The molecule has 0 unspecified atom stereocenters. The van der Waals surface area contributed by atoms with E-state index in [4.69, 9.17) is 5.73 Å². The van der Waals surface area contributed by atoms with Crippen LogP contribution in [0.15, 0.2) is 59.1 Å². The standard InChI is InChI=1S/C18H20BrN3O/c19-15-8-4-5-9-17(15)21-18(23)12-22-10-14(16(20)11-22)13-6-2-1-3-7-13/h1-9,14,16H,10-12,20H2,(H,21,23)/t14-,16+/m0/s1. The minimum Gasteiger partial charge on any atom is -0.326 e. The van der Waals surface area contributed by atoms with Crippen molar-refractivity contribution in [3.05, 3.63) is 64.6 Å². The Hall–Kier alpha value is -1.69. The third-order valence-corrected chi connectivity index (χ3v) is 4.88. The van der Waals surface area contributed by atoms with Crippen molar-refractivity contribution in [3.63, 3.8) is 0 Å². The zero-order valence-corrected chi connectivity index (χ0v) is 14.4. The van der Waals surface area contributed by atoms with E-state index in [9.17, 15) is 4.79 Å². The molecule has 2 atom stereocenters. The SMILES string of the molecule is N[C@@H]1CN(CC(=O)Nc2ccccc2Br)C[C@H]1c1ccccc1. The highest BCUT2D eigenvalue weighted by Gasteiger charge is 2.31. The topological polar surface area (TPSA) is 58.4 Å². The van der Waals surface area contributed by atoms with E-state index in [1.54, 1.807) is 0 Å². The molecule has 1 aliphatic heterocycles. The van der Waals surface area contributed by atoms with Gasteiger partial charge in [-0.25, -0.2) is 0 Å². The summed E-state index contributed by atoms with van der Waals surface area (Å²) in [6, 6.07) is 18.0. The molecule has 1 heterocycles. The average molecular weight is 374 g/mol. The minimum atomic E-state index is -0.0159. The van der Waals surface area contributed by atoms with Gasteiger partial charge in [0.25, 0.3) is 0 Å². The summed E-state index contributed by atoms with van der Waals surface area (Å²) in [6.07, 6.45) is 0. The highest BCUT2D eigenvalue weighted by molar-refractivity contribution is 9.10. The minimum absolute atomic E-state index is 0.0159. The average Bonchev–Trinajstić information content (AvgIpc) is 2.91. The second kappa shape index (κ2) is 7.25. The molecule has 4 nitrogen and oxygen atoms in total. The van der Waals surface area contributed by atoms with Crippen LogP contribution < -0.4 is 11.1 Å². The van der Waals surface area contributed by atoms with E-state index in [2.05, 4.69) is 38.3 Å². The molecule has 0 aromatic heterocycles. The van der Waals surface area contributed by atoms with E-state index < -0.39 is 0 Å². The summed E-state index contributed by atoms with van der Waals surface area (Å²) in [5.74, 6) is 0.269. The van der Waals surface area contributed by atoms with Gasteiger partial charge >= 0.3 is 0 Å². The summed E-state index contributed by atoms with van der Waals surface area (Å²) in [7, 11) is 0. The highest BCUT2D eigenvalue weighted by Crippen LogP contribution is 2.26. The van der Waals surface area contributed by atoms with Crippen LogP contribution in [0.2, 0.25) is 0 Å². The fourth-order valence-corrected chi connectivity index (χ4v) is 3.43. The van der Waals surface area contributed by atoms with Crippen molar-refractivity contribution < 1.29 is 4.79 Å². The molecule has 0 radical (unpaired) electrons. The van der Waals surface area contributed by atoms with Gasteiger partial charge in [-0.2, -0.15) is 0 Å². The van der Waals surface area contributed by atoms with Gasteiger partial charge in [0.05, 0.1) is 12.2 Å². The Morgan fingerprint density at radius 2 is 1.83 bits per heavy atom. The molecule has 0 aliphatic carbocycles. The van der Waals surface area contributed by atoms with Gasteiger partial charge in [-0.15, -0.1) is 0 Å². The normalized spacial score (nSPS) is 21.3. The maximum absolute atomic E-state index is 12.3. The molecule has 3 rings (SSSR count). The van der Waals surface area contributed by atoms with E-state index >= 15 is 0 Å². The molecule has 0 saturated carbocycles. The lowest BCUT2D eigenvalue weighted by Crippen LogP contribution is -2.33. The Bertz CT molecular complexity index is 677. The largest absolute Gasteiger partial charge is 0.326 e. The molecule has 120 valence electrons. The maximum atomic E-state index is 12.3. The Morgan fingerprint density at radius 3 is 2.57 bits per heavy atom. The third-order valence-electron chi connectivity index (χ3n) is 4.18. The Kier molecular flexibility index (Phi) is 5.10. The lowest BCUT2D eigenvalue weighted by atomic mass is 9.95. The first kappa shape index (κ1) is 16.2. The number of hydrogen-bond donors (Lipinski definition) is 2. The second-order valence-corrected chi connectivity index (χ2v) is 6.76. The van der Waals surface area contributed by atoms with Gasteiger partial charge in [0.15, 0.2) is 0 Å². The first-order valence-corrected chi connectivity index (χ1v) is 8.50. The second-order valence-electron chi connectivity index (χ2n) is 5.90. The molecular formula is C18H20BrN3O. The van der Waals surface area contributed by atoms with Gasteiger partial charge in [-0.1, -0.05) is 42.5 Å². The van der Waals surface area contributed by atoms with Crippen molar-refractivity contribution in [3.8, 4) is 0 Å². The lowest BCUT2D eigenvalue weighted by Gasteiger charge is -2.16. The Balaban J connectivity index is 1.59. The zero-order chi connectivity index (χ0) is 16.2. The number of halogens is 1. The summed E-state index contributed by atoms with van der Waals surface area (Å²) in [5, 5.41) is 2.94. The number of nitrogens with zero attached hydrogens (tertiary/aromatic N) is 1. The van der Waals surface area contributed by atoms with Gasteiger partial charge in [-0.3, -0.25) is 9.69 Å². The smallest absolute Gasteiger partial charge is 0.238 e. The van der Waals surface area contributed by atoms with Crippen LogP contribution in [0.4, 0.5) is 5.69 Å². The predicted molar refractivity (Wildman–Crippen MR) is 96.4 cm³/mol. The Labute approximate surface area is 144 Å².